The number of thiophene rings is 1. The largest absolute Gasteiger partial charge is 0.369 e. The maximum Gasteiger partial charge on any atom is 0.163 e. The predicted octanol–water partition coefficient (Wildman–Crippen LogP) is 5.71. The van der Waals surface area contributed by atoms with Gasteiger partial charge < -0.3 is 5.32 Å². The van der Waals surface area contributed by atoms with Crippen LogP contribution in [0.1, 0.15) is 13.3 Å². The van der Waals surface area contributed by atoms with Crippen LogP contribution in [0.5, 0.6) is 0 Å². The lowest BCUT2D eigenvalue weighted by Gasteiger charge is -2.10. The summed E-state index contributed by atoms with van der Waals surface area (Å²) in [6.07, 6.45) is 1.05. The van der Waals surface area contributed by atoms with Gasteiger partial charge in [0.2, 0.25) is 0 Å². The molecule has 1 N–H and O–H groups in total. The second kappa shape index (κ2) is 6.42. The van der Waals surface area contributed by atoms with E-state index in [4.69, 9.17) is 4.98 Å². The summed E-state index contributed by atoms with van der Waals surface area (Å²) in [5, 5.41) is 6.50. The van der Waals surface area contributed by atoms with E-state index >= 15 is 0 Å². The number of fused-ring (bicyclic) bond motifs is 1. The van der Waals surface area contributed by atoms with Gasteiger partial charge in [0, 0.05) is 27.3 Å². The highest BCUT2D eigenvalue weighted by Crippen LogP contribution is 2.31. The molecule has 0 aliphatic heterocycles. The van der Waals surface area contributed by atoms with E-state index in [0.29, 0.717) is 0 Å². The summed E-state index contributed by atoms with van der Waals surface area (Å²) < 4.78 is 2.12. The minimum Gasteiger partial charge on any atom is -0.369 e. The predicted molar refractivity (Wildman–Crippen MR) is 97.0 cm³/mol. The van der Waals surface area contributed by atoms with Crippen LogP contribution in [-0.2, 0) is 0 Å². The van der Waals surface area contributed by atoms with E-state index in [1.165, 1.54) is 0 Å². The third-order valence-electron chi connectivity index (χ3n) is 3.03. The maximum atomic E-state index is 4.71. The molecule has 0 saturated carbocycles. The molecule has 0 unspecified atom stereocenters. The van der Waals surface area contributed by atoms with E-state index in [1.54, 1.807) is 11.3 Å². The van der Waals surface area contributed by atoms with Gasteiger partial charge in [0.1, 0.15) is 5.82 Å². The van der Waals surface area contributed by atoms with Gasteiger partial charge in [-0.05, 0) is 46.6 Å². The Kier molecular flexibility index (Phi) is 4.57. The molecule has 0 atom stereocenters. The van der Waals surface area contributed by atoms with E-state index in [1.807, 2.05) is 18.2 Å². The monoisotopic (exact) mass is 425 g/mol. The van der Waals surface area contributed by atoms with Crippen molar-refractivity contribution in [2.75, 3.05) is 11.9 Å². The number of anilines is 1. The summed E-state index contributed by atoms with van der Waals surface area (Å²) in [4.78, 5) is 9.39. The fourth-order valence-corrected chi connectivity index (χ4v) is 3.53. The fourth-order valence-electron chi connectivity index (χ4n) is 2.04. The summed E-state index contributed by atoms with van der Waals surface area (Å²) >= 11 is 8.64. The molecular formula is C15H13Br2N3S. The highest BCUT2D eigenvalue weighted by molar-refractivity contribution is 9.11. The average Bonchev–Trinajstić information content (AvgIpc) is 2.91. The van der Waals surface area contributed by atoms with Gasteiger partial charge >= 0.3 is 0 Å². The van der Waals surface area contributed by atoms with Crippen LogP contribution in [0.3, 0.4) is 0 Å². The molecule has 0 amide bonds. The molecule has 1 aromatic carbocycles. The molecule has 21 heavy (non-hydrogen) atoms. The van der Waals surface area contributed by atoms with Crippen molar-refractivity contribution in [3.8, 4) is 11.4 Å². The van der Waals surface area contributed by atoms with Crippen molar-refractivity contribution in [3.63, 3.8) is 0 Å². The molecule has 3 nitrogen and oxygen atoms in total. The molecule has 108 valence electrons. The molecule has 0 bridgehead atoms. The zero-order valence-corrected chi connectivity index (χ0v) is 15.3. The van der Waals surface area contributed by atoms with Crippen molar-refractivity contribution in [3.05, 3.63) is 37.9 Å². The van der Waals surface area contributed by atoms with Crippen molar-refractivity contribution < 1.29 is 0 Å². The van der Waals surface area contributed by atoms with Crippen LogP contribution in [0.15, 0.2) is 37.9 Å². The molecule has 0 saturated heterocycles. The van der Waals surface area contributed by atoms with Gasteiger partial charge in [0.05, 0.1) is 9.30 Å². The molecule has 3 rings (SSSR count). The Balaban J connectivity index is 2.16. The number of halogens is 2. The number of hydrogen-bond donors (Lipinski definition) is 1. The lowest BCUT2D eigenvalue weighted by molar-refractivity contribution is 0.970. The van der Waals surface area contributed by atoms with Crippen LogP contribution in [0, 0.1) is 0 Å². The third-order valence-corrected chi connectivity index (χ3v) is 5.02. The second-order valence-corrected chi connectivity index (χ2v) is 7.83. The number of nitrogens with one attached hydrogen (secondary N) is 1. The van der Waals surface area contributed by atoms with Gasteiger partial charge in [0.15, 0.2) is 5.82 Å². The molecule has 0 radical (unpaired) electrons. The molecule has 6 heteroatoms. The highest BCUT2D eigenvalue weighted by atomic mass is 79.9. The molecule has 0 aliphatic carbocycles. The summed E-state index contributed by atoms with van der Waals surface area (Å²) in [6, 6.07) is 8.13. The van der Waals surface area contributed by atoms with Gasteiger partial charge in [-0.2, -0.15) is 0 Å². The zero-order valence-electron chi connectivity index (χ0n) is 11.4. The van der Waals surface area contributed by atoms with Crippen LogP contribution >= 0.6 is 43.2 Å². The van der Waals surface area contributed by atoms with E-state index in [9.17, 15) is 0 Å². The third kappa shape index (κ3) is 3.27. The first-order chi connectivity index (χ1) is 10.2. The quantitative estimate of drug-likeness (QED) is 0.580. The fraction of sp³-hybridized carbons (Fsp3) is 0.200. The number of hydrogen-bond acceptors (Lipinski definition) is 4. The SMILES string of the molecule is CCCNc1nc(-c2csc(Br)c2)nc2ccc(Br)cc12. The Morgan fingerprint density at radius 1 is 1.19 bits per heavy atom. The smallest absolute Gasteiger partial charge is 0.163 e. The molecule has 0 spiro atoms. The molecule has 2 aromatic heterocycles. The molecule has 0 aliphatic rings. The van der Waals surface area contributed by atoms with Gasteiger partial charge in [-0.15, -0.1) is 11.3 Å². The van der Waals surface area contributed by atoms with Crippen LogP contribution in [0.2, 0.25) is 0 Å². The summed E-state index contributed by atoms with van der Waals surface area (Å²) in [5.41, 5.74) is 1.99. The number of benzene rings is 1. The highest BCUT2D eigenvalue weighted by Gasteiger charge is 2.11. The van der Waals surface area contributed by atoms with Crippen LogP contribution < -0.4 is 5.32 Å². The van der Waals surface area contributed by atoms with Crippen LogP contribution in [0.25, 0.3) is 22.3 Å². The van der Waals surface area contributed by atoms with Crippen molar-refractivity contribution in [2.45, 2.75) is 13.3 Å². The minimum atomic E-state index is 0.755. The van der Waals surface area contributed by atoms with Gasteiger partial charge in [-0.25, -0.2) is 9.97 Å². The van der Waals surface area contributed by atoms with Gasteiger partial charge in [0.25, 0.3) is 0 Å². The first kappa shape index (κ1) is 14.9. The van der Waals surface area contributed by atoms with Crippen molar-refractivity contribution in [1.82, 2.24) is 9.97 Å². The first-order valence-electron chi connectivity index (χ1n) is 6.63. The minimum absolute atomic E-state index is 0.755. The maximum absolute atomic E-state index is 4.71. The van der Waals surface area contributed by atoms with Crippen molar-refractivity contribution in [2.24, 2.45) is 0 Å². The van der Waals surface area contributed by atoms with Crippen molar-refractivity contribution >= 4 is 59.9 Å². The Morgan fingerprint density at radius 2 is 2.05 bits per heavy atom. The van der Waals surface area contributed by atoms with E-state index < -0.39 is 0 Å². The lowest BCUT2D eigenvalue weighted by atomic mass is 10.2. The Hall–Kier alpha value is -0.980. The number of aromatic nitrogens is 2. The van der Waals surface area contributed by atoms with Crippen LogP contribution in [-0.4, -0.2) is 16.5 Å². The Morgan fingerprint density at radius 3 is 2.76 bits per heavy atom. The summed E-state index contributed by atoms with van der Waals surface area (Å²) in [7, 11) is 0. The summed E-state index contributed by atoms with van der Waals surface area (Å²) in [5.74, 6) is 1.64. The first-order valence-corrected chi connectivity index (χ1v) is 9.09. The average molecular weight is 427 g/mol. The lowest BCUT2D eigenvalue weighted by Crippen LogP contribution is -2.04. The van der Waals surface area contributed by atoms with E-state index in [-0.39, 0.29) is 0 Å². The zero-order chi connectivity index (χ0) is 14.8. The normalized spacial score (nSPS) is 11.0. The van der Waals surface area contributed by atoms with E-state index in [2.05, 4.69) is 60.5 Å². The summed E-state index contributed by atoms with van der Waals surface area (Å²) in [6.45, 7) is 3.04. The second-order valence-electron chi connectivity index (χ2n) is 4.62. The number of rotatable bonds is 4. The number of nitrogens with zero attached hydrogens (tertiary/aromatic N) is 2. The van der Waals surface area contributed by atoms with Crippen LogP contribution in [0.4, 0.5) is 5.82 Å². The molecular weight excluding hydrogens is 414 g/mol. The molecule has 3 aromatic rings. The molecule has 2 heterocycles. The van der Waals surface area contributed by atoms with Crippen molar-refractivity contribution in [1.29, 1.82) is 0 Å². The molecule has 0 fully saturated rings. The van der Waals surface area contributed by atoms with Gasteiger partial charge in [-0.1, -0.05) is 22.9 Å². The Labute approximate surface area is 144 Å². The Bertz CT molecular complexity index is 786. The van der Waals surface area contributed by atoms with Gasteiger partial charge in [-0.3, -0.25) is 0 Å². The topological polar surface area (TPSA) is 37.8 Å². The standard InChI is InChI=1S/C15H13Br2N3S/c1-2-5-18-15-11-7-10(16)3-4-12(11)19-14(20-15)9-6-13(17)21-8-9/h3-4,6-8H,2,5H2,1H3,(H,18,19,20). The van der Waals surface area contributed by atoms with E-state index in [0.717, 1.165) is 49.3 Å².